The number of halogens is 5. The van der Waals surface area contributed by atoms with Gasteiger partial charge in [0, 0.05) is 26.2 Å². The molecule has 0 aromatic heterocycles. The van der Waals surface area contributed by atoms with Crippen molar-refractivity contribution in [3.8, 4) is 0 Å². The van der Waals surface area contributed by atoms with Gasteiger partial charge in [0.05, 0.1) is 6.04 Å². The molecule has 0 unspecified atom stereocenters. The minimum Gasteiger partial charge on any atom is -0.314 e. The monoisotopic (exact) mass is 280 g/mol. The fourth-order valence-corrected chi connectivity index (χ4v) is 2.22. The molecule has 1 N–H and O–H groups in total. The molecule has 0 saturated carbocycles. The smallest absolute Gasteiger partial charge is 0.258 e. The summed E-state index contributed by atoms with van der Waals surface area (Å²) in [7, 11) is 0. The molecule has 1 fully saturated rings. The maximum atomic E-state index is 13.1. The van der Waals surface area contributed by atoms with Crippen LogP contribution in [0.15, 0.2) is 12.1 Å². The number of benzene rings is 1. The second-order valence-corrected chi connectivity index (χ2v) is 4.36. The Hall–Kier alpha value is -1.21. The van der Waals surface area contributed by atoms with E-state index in [9.17, 15) is 22.0 Å². The van der Waals surface area contributed by atoms with Gasteiger partial charge in [0.25, 0.3) is 6.43 Å². The highest BCUT2D eigenvalue weighted by Gasteiger charge is 2.31. The lowest BCUT2D eigenvalue weighted by Crippen LogP contribution is -2.47. The first kappa shape index (κ1) is 14.2. The van der Waals surface area contributed by atoms with E-state index in [4.69, 9.17) is 0 Å². The average Bonchev–Trinajstić information content (AvgIpc) is 2.37. The number of hydrogen-bond donors (Lipinski definition) is 1. The summed E-state index contributed by atoms with van der Waals surface area (Å²) in [4.78, 5) is 1.44. The first-order valence-corrected chi connectivity index (χ1v) is 5.88. The molecular formula is C12H13F5N2. The van der Waals surface area contributed by atoms with E-state index in [0.717, 1.165) is 0 Å². The lowest BCUT2D eigenvalue weighted by atomic mass is 10.0. The molecule has 1 aromatic rings. The van der Waals surface area contributed by atoms with Crippen molar-refractivity contribution in [2.24, 2.45) is 0 Å². The summed E-state index contributed by atoms with van der Waals surface area (Å²) >= 11 is 0. The van der Waals surface area contributed by atoms with Gasteiger partial charge in [-0.25, -0.2) is 22.0 Å². The topological polar surface area (TPSA) is 15.3 Å². The molecule has 1 aromatic carbocycles. The van der Waals surface area contributed by atoms with Crippen LogP contribution >= 0.6 is 0 Å². The van der Waals surface area contributed by atoms with Gasteiger partial charge in [0.15, 0.2) is 17.5 Å². The zero-order valence-electron chi connectivity index (χ0n) is 9.97. The zero-order chi connectivity index (χ0) is 14.0. The van der Waals surface area contributed by atoms with Gasteiger partial charge >= 0.3 is 0 Å². The lowest BCUT2D eigenvalue weighted by molar-refractivity contribution is 0.0178. The van der Waals surface area contributed by atoms with Gasteiger partial charge in [-0.3, -0.25) is 4.90 Å². The second-order valence-electron chi connectivity index (χ2n) is 4.36. The van der Waals surface area contributed by atoms with E-state index in [-0.39, 0.29) is 5.56 Å². The van der Waals surface area contributed by atoms with Crippen molar-refractivity contribution in [1.82, 2.24) is 10.2 Å². The van der Waals surface area contributed by atoms with Crippen LogP contribution in [0.5, 0.6) is 0 Å². The molecule has 0 aliphatic carbocycles. The Morgan fingerprint density at radius 3 is 2.00 bits per heavy atom. The second kappa shape index (κ2) is 5.83. The number of hydrogen-bond acceptors (Lipinski definition) is 2. The summed E-state index contributed by atoms with van der Waals surface area (Å²) in [6, 6.07) is -0.152. The van der Waals surface area contributed by atoms with Gasteiger partial charge in [0.2, 0.25) is 0 Å². The van der Waals surface area contributed by atoms with Crippen molar-refractivity contribution in [1.29, 1.82) is 0 Å². The Bertz CT molecular complexity index is 423. The number of rotatable bonds is 3. The minimum absolute atomic E-state index is 0.242. The summed E-state index contributed by atoms with van der Waals surface area (Å²) < 4.78 is 65.4. The standard InChI is InChI=1S/C12H13F5N2/c13-8-5-7(6-9(14)10(8)15)11(12(16)17)19-3-1-18-2-4-19/h5-6,11-12,18H,1-4H2/t11-/m0/s1. The van der Waals surface area contributed by atoms with Crippen LogP contribution in [0.4, 0.5) is 22.0 Å². The van der Waals surface area contributed by atoms with Gasteiger partial charge in [-0.05, 0) is 17.7 Å². The quantitative estimate of drug-likeness (QED) is 0.675. The van der Waals surface area contributed by atoms with Gasteiger partial charge in [-0.1, -0.05) is 0 Å². The van der Waals surface area contributed by atoms with Gasteiger partial charge < -0.3 is 5.32 Å². The van der Waals surface area contributed by atoms with Crippen molar-refractivity contribution in [2.75, 3.05) is 26.2 Å². The molecule has 1 saturated heterocycles. The van der Waals surface area contributed by atoms with Gasteiger partial charge in [0.1, 0.15) is 0 Å². The van der Waals surface area contributed by atoms with Crippen LogP contribution in [0.2, 0.25) is 0 Å². The molecule has 2 nitrogen and oxygen atoms in total. The Morgan fingerprint density at radius 2 is 1.53 bits per heavy atom. The van der Waals surface area contributed by atoms with E-state index in [1.54, 1.807) is 0 Å². The molecule has 1 aliphatic heterocycles. The van der Waals surface area contributed by atoms with E-state index in [1.807, 2.05) is 0 Å². The summed E-state index contributed by atoms with van der Waals surface area (Å²) in [5, 5.41) is 3.00. The lowest BCUT2D eigenvalue weighted by Gasteiger charge is -2.34. The normalized spacial score (nSPS) is 18.8. The molecule has 1 heterocycles. The number of alkyl halides is 2. The van der Waals surface area contributed by atoms with Crippen LogP contribution in [0.1, 0.15) is 11.6 Å². The van der Waals surface area contributed by atoms with Crippen LogP contribution in [-0.4, -0.2) is 37.5 Å². The molecule has 1 aliphatic rings. The summed E-state index contributed by atoms with van der Waals surface area (Å²) in [5.41, 5.74) is -0.242. The van der Waals surface area contributed by atoms with Crippen molar-refractivity contribution in [3.63, 3.8) is 0 Å². The SMILES string of the molecule is Fc1cc([C@@H](C(F)F)N2CCNCC2)cc(F)c1F. The molecule has 0 radical (unpaired) electrons. The van der Waals surface area contributed by atoms with E-state index < -0.39 is 29.9 Å². The third-order valence-electron chi connectivity index (χ3n) is 3.13. The fourth-order valence-electron chi connectivity index (χ4n) is 2.22. The molecule has 0 amide bonds. The van der Waals surface area contributed by atoms with E-state index in [2.05, 4.69) is 5.32 Å². The van der Waals surface area contributed by atoms with Crippen LogP contribution < -0.4 is 5.32 Å². The average molecular weight is 280 g/mol. The van der Waals surface area contributed by atoms with Crippen LogP contribution in [0, 0.1) is 17.5 Å². The van der Waals surface area contributed by atoms with Crippen LogP contribution in [0.3, 0.4) is 0 Å². The molecule has 2 rings (SSSR count). The number of nitrogens with zero attached hydrogens (tertiary/aromatic N) is 1. The highest BCUT2D eigenvalue weighted by atomic mass is 19.3. The predicted molar refractivity (Wildman–Crippen MR) is 59.5 cm³/mol. The minimum atomic E-state index is -2.80. The summed E-state index contributed by atoms with van der Waals surface area (Å²) in [5.74, 6) is -4.54. The Kier molecular flexibility index (Phi) is 4.36. The predicted octanol–water partition coefficient (Wildman–Crippen LogP) is 2.32. The molecule has 0 spiro atoms. The maximum Gasteiger partial charge on any atom is 0.258 e. The highest BCUT2D eigenvalue weighted by Crippen LogP contribution is 2.29. The third kappa shape index (κ3) is 3.03. The Morgan fingerprint density at radius 1 is 1.00 bits per heavy atom. The Balaban J connectivity index is 2.33. The van der Waals surface area contributed by atoms with Gasteiger partial charge in [-0.2, -0.15) is 0 Å². The van der Waals surface area contributed by atoms with Crippen LogP contribution in [0.25, 0.3) is 0 Å². The maximum absolute atomic E-state index is 13.1. The third-order valence-corrected chi connectivity index (χ3v) is 3.13. The zero-order valence-corrected chi connectivity index (χ0v) is 9.97. The first-order valence-electron chi connectivity index (χ1n) is 5.88. The molecule has 0 bridgehead atoms. The highest BCUT2D eigenvalue weighted by molar-refractivity contribution is 5.23. The van der Waals surface area contributed by atoms with Crippen molar-refractivity contribution >= 4 is 0 Å². The van der Waals surface area contributed by atoms with Crippen molar-refractivity contribution in [3.05, 3.63) is 35.1 Å². The van der Waals surface area contributed by atoms with Crippen molar-refractivity contribution < 1.29 is 22.0 Å². The molecule has 7 heteroatoms. The van der Waals surface area contributed by atoms with E-state index in [0.29, 0.717) is 38.3 Å². The first-order chi connectivity index (χ1) is 9.00. The molecular weight excluding hydrogens is 267 g/mol. The summed E-state index contributed by atoms with van der Waals surface area (Å²) in [6.07, 6.45) is -2.80. The molecule has 106 valence electrons. The van der Waals surface area contributed by atoms with Crippen molar-refractivity contribution in [2.45, 2.75) is 12.5 Å². The van der Waals surface area contributed by atoms with Crippen LogP contribution in [-0.2, 0) is 0 Å². The molecule has 19 heavy (non-hydrogen) atoms. The van der Waals surface area contributed by atoms with E-state index in [1.165, 1.54) is 4.90 Å². The largest absolute Gasteiger partial charge is 0.314 e. The Labute approximate surface area is 107 Å². The molecule has 1 atom stereocenters. The summed E-state index contributed by atoms with van der Waals surface area (Å²) in [6.45, 7) is 1.73. The van der Waals surface area contributed by atoms with E-state index >= 15 is 0 Å². The number of piperazine rings is 1. The fraction of sp³-hybridized carbons (Fsp3) is 0.500. The number of nitrogens with one attached hydrogen (secondary N) is 1. The van der Waals surface area contributed by atoms with Gasteiger partial charge in [-0.15, -0.1) is 0 Å².